The Labute approximate surface area is 128 Å². The molecule has 8 heteroatoms. The van der Waals surface area contributed by atoms with Gasteiger partial charge in [-0.05, 0) is 37.1 Å². The molecule has 1 fully saturated rings. The predicted octanol–water partition coefficient (Wildman–Crippen LogP) is 1.50. The second-order valence-electron chi connectivity index (χ2n) is 5.27. The molecule has 0 saturated heterocycles. The second kappa shape index (κ2) is 6.35. The maximum atomic E-state index is 11.8. The summed E-state index contributed by atoms with van der Waals surface area (Å²) in [4.78, 5) is 22.5. The van der Waals surface area contributed by atoms with Crippen molar-refractivity contribution in [2.75, 3.05) is 15.8 Å². The topological polar surface area (TPSA) is 113 Å². The first-order chi connectivity index (χ1) is 10.3. The number of carboxylic acids is 1. The normalized spacial score (nSPS) is 20.2. The molecule has 1 aromatic rings. The van der Waals surface area contributed by atoms with Crippen LogP contribution in [0, 0.1) is 11.8 Å². The molecule has 3 N–H and O–H groups in total. The van der Waals surface area contributed by atoms with Crippen molar-refractivity contribution < 1.29 is 23.1 Å². The number of sulfonamides is 1. The molecular formula is C14H18N2O5S. The summed E-state index contributed by atoms with van der Waals surface area (Å²) < 4.78 is 25.7. The number of benzene rings is 1. The van der Waals surface area contributed by atoms with E-state index < -0.39 is 27.8 Å². The molecule has 0 heterocycles. The van der Waals surface area contributed by atoms with Crippen LogP contribution >= 0.6 is 0 Å². The number of hydrogen-bond acceptors (Lipinski definition) is 4. The van der Waals surface area contributed by atoms with Gasteiger partial charge in [-0.2, -0.15) is 0 Å². The van der Waals surface area contributed by atoms with Gasteiger partial charge in [0.15, 0.2) is 0 Å². The number of carbonyl (C=O) groups excluding carboxylic acids is 1. The van der Waals surface area contributed by atoms with Crippen molar-refractivity contribution in [1.29, 1.82) is 0 Å². The fourth-order valence-corrected chi connectivity index (χ4v) is 3.25. The lowest BCUT2D eigenvalue weighted by atomic mass is 10.2. The maximum absolute atomic E-state index is 11.8. The number of rotatable bonds is 7. The molecule has 1 aliphatic carbocycles. The Morgan fingerprint density at radius 1 is 1.18 bits per heavy atom. The summed E-state index contributed by atoms with van der Waals surface area (Å²) in [6.45, 7) is 1.78. The van der Waals surface area contributed by atoms with Crippen LogP contribution in [-0.2, 0) is 19.6 Å². The van der Waals surface area contributed by atoms with E-state index in [1.807, 2.05) is 0 Å². The third-order valence-electron chi connectivity index (χ3n) is 3.34. The van der Waals surface area contributed by atoms with E-state index in [0.29, 0.717) is 24.2 Å². The molecule has 1 aliphatic rings. The van der Waals surface area contributed by atoms with Crippen molar-refractivity contribution in [2.45, 2.75) is 19.8 Å². The van der Waals surface area contributed by atoms with Crippen LogP contribution < -0.4 is 10.0 Å². The second-order valence-corrected chi connectivity index (χ2v) is 7.12. The van der Waals surface area contributed by atoms with Crippen LogP contribution in [-0.4, -0.2) is 31.2 Å². The Morgan fingerprint density at radius 3 is 2.27 bits per heavy atom. The highest BCUT2D eigenvalue weighted by Gasteiger charge is 2.48. The molecule has 1 amide bonds. The summed E-state index contributed by atoms with van der Waals surface area (Å²) in [5.41, 5.74) is 0.917. The molecule has 0 aromatic heterocycles. The molecular weight excluding hydrogens is 308 g/mol. The van der Waals surface area contributed by atoms with Gasteiger partial charge in [-0.3, -0.25) is 14.3 Å². The lowest BCUT2D eigenvalue weighted by molar-refractivity contribution is -0.139. The minimum atomic E-state index is -3.34. The average molecular weight is 326 g/mol. The van der Waals surface area contributed by atoms with Crippen LogP contribution in [0.4, 0.5) is 11.4 Å². The van der Waals surface area contributed by atoms with Crippen molar-refractivity contribution in [2.24, 2.45) is 11.8 Å². The van der Waals surface area contributed by atoms with Crippen LogP contribution in [0.3, 0.4) is 0 Å². The summed E-state index contributed by atoms with van der Waals surface area (Å²) in [7, 11) is -3.34. The molecule has 0 aliphatic heterocycles. The molecule has 120 valence electrons. The van der Waals surface area contributed by atoms with Gasteiger partial charge >= 0.3 is 5.97 Å². The highest BCUT2D eigenvalue weighted by atomic mass is 32.2. The van der Waals surface area contributed by atoms with Crippen LogP contribution in [0.25, 0.3) is 0 Å². The fraction of sp³-hybridized carbons (Fsp3) is 0.429. The van der Waals surface area contributed by atoms with E-state index in [0.717, 1.165) is 0 Å². The summed E-state index contributed by atoms with van der Waals surface area (Å²) in [6, 6.07) is 6.23. The van der Waals surface area contributed by atoms with Crippen molar-refractivity contribution in [1.82, 2.24) is 0 Å². The highest BCUT2D eigenvalue weighted by Crippen LogP contribution is 2.39. The van der Waals surface area contributed by atoms with Crippen LogP contribution in [0.2, 0.25) is 0 Å². The number of hydrogen-bond donors (Lipinski definition) is 3. The smallest absolute Gasteiger partial charge is 0.307 e. The van der Waals surface area contributed by atoms with Gasteiger partial charge in [-0.1, -0.05) is 6.92 Å². The van der Waals surface area contributed by atoms with Crippen LogP contribution in [0.15, 0.2) is 24.3 Å². The zero-order valence-electron chi connectivity index (χ0n) is 12.1. The first kappa shape index (κ1) is 16.3. The summed E-state index contributed by atoms with van der Waals surface area (Å²) in [5, 5.41) is 11.4. The van der Waals surface area contributed by atoms with E-state index in [2.05, 4.69) is 10.0 Å². The third-order valence-corrected chi connectivity index (χ3v) is 4.84. The van der Waals surface area contributed by atoms with E-state index in [1.165, 1.54) is 0 Å². The van der Waals surface area contributed by atoms with E-state index in [4.69, 9.17) is 5.11 Å². The highest BCUT2D eigenvalue weighted by molar-refractivity contribution is 7.92. The SMILES string of the molecule is CCCS(=O)(=O)Nc1ccc(NC(=O)C2CC2C(=O)O)cc1. The predicted molar refractivity (Wildman–Crippen MR) is 82.0 cm³/mol. The molecule has 22 heavy (non-hydrogen) atoms. The largest absolute Gasteiger partial charge is 0.481 e. The summed E-state index contributed by atoms with van der Waals surface area (Å²) >= 11 is 0. The molecule has 1 saturated carbocycles. The lowest BCUT2D eigenvalue weighted by Crippen LogP contribution is -2.17. The number of nitrogens with one attached hydrogen (secondary N) is 2. The van der Waals surface area contributed by atoms with Gasteiger partial charge < -0.3 is 10.4 Å². The Morgan fingerprint density at radius 2 is 1.77 bits per heavy atom. The molecule has 2 unspecified atom stereocenters. The van der Waals surface area contributed by atoms with Crippen molar-refractivity contribution in [3.63, 3.8) is 0 Å². The zero-order valence-corrected chi connectivity index (χ0v) is 12.9. The average Bonchev–Trinajstić information content (AvgIpc) is 3.21. The third kappa shape index (κ3) is 4.20. The number of amides is 1. The van der Waals surface area contributed by atoms with Gasteiger partial charge in [0.2, 0.25) is 15.9 Å². The van der Waals surface area contributed by atoms with Gasteiger partial charge in [0, 0.05) is 11.4 Å². The quantitative estimate of drug-likeness (QED) is 0.703. The Kier molecular flexibility index (Phi) is 4.70. The molecule has 7 nitrogen and oxygen atoms in total. The minimum Gasteiger partial charge on any atom is -0.481 e. The summed E-state index contributed by atoms with van der Waals surface area (Å²) in [6.07, 6.45) is 0.881. The summed E-state index contributed by atoms with van der Waals surface area (Å²) in [5.74, 6) is -2.32. The van der Waals surface area contributed by atoms with Gasteiger partial charge in [-0.25, -0.2) is 8.42 Å². The van der Waals surface area contributed by atoms with Crippen LogP contribution in [0.1, 0.15) is 19.8 Å². The van der Waals surface area contributed by atoms with Gasteiger partial charge in [0.1, 0.15) is 0 Å². The first-order valence-electron chi connectivity index (χ1n) is 6.96. The standard InChI is InChI=1S/C14H18N2O5S/c1-2-7-22(20,21)16-10-5-3-9(4-6-10)15-13(17)11-8-12(11)14(18)19/h3-6,11-12,16H,2,7-8H2,1H3,(H,15,17)(H,18,19). The van der Waals surface area contributed by atoms with Gasteiger partial charge in [0.05, 0.1) is 17.6 Å². The number of anilines is 2. The minimum absolute atomic E-state index is 0.0454. The van der Waals surface area contributed by atoms with E-state index in [1.54, 1.807) is 31.2 Å². The molecule has 2 atom stereocenters. The molecule has 0 radical (unpaired) electrons. The molecule has 0 bridgehead atoms. The Hall–Kier alpha value is -2.09. The Balaban J connectivity index is 1.92. The lowest BCUT2D eigenvalue weighted by Gasteiger charge is -2.08. The van der Waals surface area contributed by atoms with Crippen molar-refractivity contribution >= 4 is 33.3 Å². The number of carboxylic acid groups (broad SMARTS) is 1. The van der Waals surface area contributed by atoms with Gasteiger partial charge in [0.25, 0.3) is 0 Å². The number of carbonyl (C=O) groups is 2. The molecule has 2 rings (SSSR count). The monoisotopic (exact) mass is 326 g/mol. The van der Waals surface area contributed by atoms with Crippen molar-refractivity contribution in [3.05, 3.63) is 24.3 Å². The first-order valence-corrected chi connectivity index (χ1v) is 8.62. The fourth-order valence-electron chi connectivity index (χ4n) is 2.11. The van der Waals surface area contributed by atoms with E-state index in [-0.39, 0.29) is 11.7 Å². The number of aliphatic carboxylic acids is 1. The molecule has 1 aromatic carbocycles. The van der Waals surface area contributed by atoms with E-state index in [9.17, 15) is 18.0 Å². The van der Waals surface area contributed by atoms with Crippen molar-refractivity contribution in [3.8, 4) is 0 Å². The molecule has 0 spiro atoms. The Bertz CT molecular complexity index is 669. The van der Waals surface area contributed by atoms with Gasteiger partial charge in [-0.15, -0.1) is 0 Å². The van der Waals surface area contributed by atoms with Crippen LogP contribution in [0.5, 0.6) is 0 Å². The maximum Gasteiger partial charge on any atom is 0.307 e. The van der Waals surface area contributed by atoms with E-state index >= 15 is 0 Å². The zero-order chi connectivity index (χ0) is 16.3.